The second-order valence-electron chi connectivity index (χ2n) is 5.94. The monoisotopic (exact) mass is 430 g/mol. The lowest BCUT2D eigenvalue weighted by Crippen LogP contribution is -2.13. The van der Waals surface area contributed by atoms with Crippen molar-refractivity contribution in [3.05, 3.63) is 97.5 Å². The van der Waals surface area contributed by atoms with Crippen molar-refractivity contribution in [1.82, 2.24) is 0 Å². The number of nitro benzene ring substituents is 1. The number of benzene rings is 3. The normalized spacial score (nSPS) is 10.4. The second-order valence-corrected chi connectivity index (χ2v) is 6.79. The Morgan fingerprint density at radius 1 is 0.931 bits per heavy atom. The van der Waals surface area contributed by atoms with Crippen LogP contribution in [-0.4, -0.2) is 21.7 Å². The largest absolute Gasteiger partial charge is 0.507 e. The SMILES string of the molecule is O=C(Nc1ccc(C(=O)c2ccc(Cl)cc2)c(Cl)c1)c1cc([N+](=O)[O-])ccc1O. The Bertz CT molecular complexity index is 1130. The first-order valence-electron chi connectivity index (χ1n) is 8.15. The smallest absolute Gasteiger partial charge is 0.270 e. The zero-order valence-corrected chi connectivity index (χ0v) is 16.1. The molecule has 1 amide bonds. The summed E-state index contributed by atoms with van der Waals surface area (Å²) in [7, 11) is 0. The van der Waals surface area contributed by atoms with E-state index in [-0.39, 0.29) is 33.3 Å². The van der Waals surface area contributed by atoms with Gasteiger partial charge in [0.05, 0.1) is 15.5 Å². The quantitative estimate of drug-likeness (QED) is 0.332. The molecule has 0 radical (unpaired) electrons. The van der Waals surface area contributed by atoms with Crippen LogP contribution in [0.2, 0.25) is 10.0 Å². The van der Waals surface area contributed by atoms with Crippen molar-refractivity contribution in [2.24, 2.45) is 0 Å². The maximum Gasteiger partial charge on any atom is 0.270 e. The van der Waals surface area contributed by atoms with Crippen molar-refractivity contribution in [3.63, 3.8) is 0 Å². The first kappa shape index (κ1) is 20.3. The summed E-state index contributed by atoms with van der Waals surface area (Å²) in [5, 5.41) is 23.8. The van der Waals surface area contributed by atoms with Gasteiger partial charge in [-0.15, -0.1) is 0 Å². The van der Waals surface area contributed by atoms with Crippen molar-refractivity contribution in [1.29, 1.82) is 0 Å². The molecule has 0 aliphatic rings. The van der Waals surface area contributed by atoms with Gasteiger partial charge in [0.25, 0.3) is 11.6 Å². The summed E-state index contributed by atoms with van der Waals surface area (Å²) >= 11 is 12.0. The highest BCUT2D eigenvalue weighted by Crippen LogP contribution is 2.27. The second kappa shape index (κ2) is 8.30. The van der Waals surface area contributed by atoms with Crippen LogP contribution in [0, 0.1) is 10.1 Å². The number of hydrogen-bond acceptors (Lipinski definition) is 5. The third kappa shape index (κ3) is 4.53. The first-order valence-corrected chi connectivity index (χ1v) is 8.90. The number of carbonyl (C=O) groups is 2. The van der Waals surface area contributed by atoms with E-state index in [1.807, 2.05) is 0 Å². The van der Waals surface area contributed by atoms with Gasteiger partial charge in [0.15, 0.2) is 5.78 Å². The molecule has 0 aromatic heterocycles. The molecule has 2 N–H and O–H groups in total. The molecule has 0 aliphatic carbocycles. The minimum Gasteiger partial charge on any atom is -0.507 e. The van der Waals surface area contributed by atoms with Gasteiger partial charge in [-0.2, -0.15) is 0 Å². The van der Waals surface area contributed by atoms with Gasteiger partial charge in [-0.05, 0) is 48.5 Å². The van der Waals surface area contributed by atoms with Crippen LogP contribution in [0.15, 0.2) is 60.7 Å². The number of amides is 1. The molecule has 0 spiro atoms. The summed E-state index contributed by atoms with van der Waals surface area (Å²) < 4.78 is 0. The molecule has 0 fully saturated rings. The Morgan fingerprint density at radius 2 is 1.62 bits per heavy atom. The number of phenolic OH excluding ortho intramolecular Hbond substituents is 1. The maximum absolute atomic E-state index is 12.6. The average molecular weight is 431 g/mol. The summed E-state index contributed by atoms with van der Waals surface area (Å²) in [6.07, 6.45) is 0. The third-order valence-electron chi connectivity index (χ3n) is 4.01. The van der Waals surface area contributed by atoms with E-state index in [4.69, 9.17) is 23.2 Å². The van der Waals surface area contributed by atoms with Crippen molar-refractivity contribution >= 4 is 46.3 Å². The van der Waals surface area contributed by atoms with Crippen molar-refractivity contribution in [2.75, 3.05) is 5.32 Å². The molecule has 0 aliphatic heterocycles. The van der Waals surface area contributed by atoms with Gasteiger partial charge in [-0.1, -0.05) is 23.2 Å². The zero-order valence-electron chi connectivity index (χ0n) is 14.6. The van der Waals surface area contributed by atoms with E-state index >= 15 is 0 Å². The number of halogens is 2. The van der Waals surface area contributed by atoms with Crippen LogP contribution < -0.4 is 5.32 Å². The Labute approximate surface area is 174 Å². The summed E-state index contributed by atoms with van der Waals surface area (Å²) in [5.74, 6) is -1.49. The Morgan fingerprint density at radius 3 is 2.24 bits per heavy atom. The minimum atomic E-state index is -0.765. The van der Waals surface area contributed by atoms with Gasteiger partial charge in [0.1, 0.15) is 5.75 Å². The zero-order chi connectivity index (χ0) is 21.1. The number of non-ortho nitro benzene ring substituents is 1. The van der Waals surface area contributed by atoms with E-state index in [2.05, 4.69) is 5.32 Å². The van der Waals surface area contributed by atoms with Crippen molar-refractivity contribution < 1.29 is 19.6 Å². The molecule has 0 bridgehead atoms. The summed E-state index contributed by atoms with van der Waals surface area (Å²) in [6, 6.07) is 13.7. The number of carbonyl (C=O) groups excluding carboxylic acids is 2. The van der Waals surface area contributed by atoms with Crippen LogP contribution in [0.5, 0.6) is 5.75 Å². The number of phenols is 1. The summed E-state index contributed by atoms with van der Waals surface area (Å²) in [4.78, 5) is 35.1. The molecule has 7 nitrogen and oxygen atoms in total. The Kier molecular flexibility index (Phi) is 5.81. The number of hydrogen-bond donors (Lipinski definition) is 2. The molecule has 9 heteroatoms. The summed E-state index contributed by atoms with van der Waals surface area (Å²) in [6.45, 7) is 0. The minimum absolute atomic E-state index is 0.103. The molecule has 0 saturated carbocycles. The highest BCUT2D eigenvalue weighted by atomic mass is 35.5. The average Bonchev–Trinajstić information content (AvgIpc) is 2.68. The molecule has 146 valence electrons. The van der Waals surface area contributed by atoms with Crippen LogP contribution in [0.1, 0.15) is 26.3 Å². The van der Waals surface area contributed by atoms with Gasteiger partial charge < -0.3 is 10.4 Å². The van der Waals surface area contributed by atoms with E-state index < -0.39 is 16.6 Å². The predicted octanol–water partition coefficient (Wildman–Crippen LogP) is 5.09. The number of anilines is 1. The van der Waals surface area contributed by atoms with Gasteiger partial charge >= 0.3 is 0 Å². The van der Waals surface area contributed by atoms with E-state index in [1.54, 1.807) is 24.3 Å². The fraction of sp³-hybridized carbons (Fsp3) is 0. The molecular weight excluding hydrogens is 419 g/mol. The van der Waals surface area contributed by atoms with Gasteiger partial charge in [0.2, 0.25) is 0 Å². The lowest BCUT2D eigenvalue weighted by molar-refractivity contribution is -0.384. The van der Waals surface area contributed by atoms with Crippen LogP contribution in [0.3, 0.4) is 0 Å². The molecule has 0 atom stereocenters. The molecule has 3 rings (SSSR count). The fourth-order valence-electron chi connectivity index (χ4n) is 2.55. The predicted molar refractivity (Wildman–Crippen MR) is 109 cm³/mol. The molecular formula is C20H12Cl2N2O5. The van der Waals surface area contributed by atoms with Crippen LogP contribution in [-0.2, 0) is 0 Å². The number of nitro groups is 1. The van der Waals surface area contributed by atoms with Gasteiger partial charge in [0, 0.05) is 34.0 Å². The third-order valence-corrected chi connectivity index (χ3v) is 4.58. The van der Waals surface area contributed by atoms with E-state index in [1.165, 1.54) is 18.2 Å². The molecule has 0 heterocycles. The Balaban J connectivity index is 1.83. The number of nitrogens with one attached hydrogen (secondary N) is 1. The highest BCUT2D eigenvalue weighted by molar-refractivity contribution is 6.35. The van der Waals surface area contributed by atoms with Crippen molar-refractivity contribution in [3.8, 4) is 5.75 Å². The van der Waals surface area contributed by atoms with E-state index in [0.29, 0.717) is 10.6 Å². The van der Waals surface area contributed by atoms with E-state index in [0.717, 1.165) is 18.2 Å². The standard InChI is InChI=1S/C20H12Cl2N2O5/c21-12-3-1-11(2-4-12)19(26)15-7-5-13(9-17(15)22)23-20(27)16-10-14(24(28)29)6-8-18(16)25/h1-10,25H,(H,23,27). The molecule has 29 heavy (non-hydrogen) atoms. The molecule has 0 saturated heterocycles. The van der Waals surface area contributed by atoms with Crippen LogP contribution >= 0.6 is 23.2 Å². The number of ketones is 1. The van der Waals surface area contributed by atoms with Crippen molar-refractivity contribution in [2.45, 2.75) is 0 Å². The number of rotatable bonds is 5. The molecule has 3 aromatic carbocycles. The Hall–Kier alpha value is -3.42. The lowest BCUT2D eigenvalue weighted by Gasteiger charge is -2.09. The number of nitrogens with zero attached hydrogens (tertiary/aromatic N) is 1. The summed E-state index contributed by atoms with van der Waals surface area (Å²) in [5.41, 5.74) is 0.268. The first-order chi connectivity index (χ1) is 13.8. The molecule has 3 aromatic rings. The lowest BCUT2D eigenvalue weighted by atomic mass is 10.0. The van der Waals surface area contributed by atoms with Crippen LogP contribution in [0.25, 0.3) is 0 Å². The molecule has 0 unspecified atom stereocenters. The van der Waals surface area contributed by atoms with E-state index in [9.17, 15) is 24.8 Å². The highest BCUT2D eigenvalue weighted by Gasteiger charge is 2.18. The van der Waals surface area contributed by atoms with Gasteiger partial charge in [-0.3, -0.25) is 19.7 Å². The topological polar surface area (TPSA) is 110 Å². The van der Waals surface area contributed by atoms with Crippen LogP contribution in [0.4, 0.5) is 11.4 Å². The maximum atomic E-state index is 12.6. The number of aromatic hydroxyl groups is 1. The fourth-order valence-corrected chi connectivity index (χ4v) is 2.94. The van der Waals surface area contributed by atoms with Gasteiger partial charge in [-0.25, -0.2) is 0 Å².